The van der Waals surface area contributed by atoms with Crippen LogP contribution in [0.2, 0.25) is 0 Å². The normalized spacial score (nSPS) is 12.2. The summed E-state index contributed by atoms with van der Waals surface area (Å²) in [5.74, 6) is 0.410. The lowest BCUT2D eigenvalue weighted by molar-refractivity contribution is -0.385. The van der Waals surface area contributed by atoms with Gasteiger partial charge in [0, 0.05) is 34.9 Å². The second-order valence-corrected chi connectivity index (χ2v) is 5.78. The molecule has 0 bridgehead atoms. The SMILES string of the molecule is CCCC(CCO)CNc1cc(C)c([N+](=O)[O-])cc1Br. The molecular formula is C14H21BrN2O3. The molecule has 0 aromatic heterocycles. The number of hydrogen-bond donors (Lipinski definition) is 2. The summed E-state index contributed by atoms with van der Waals surface area (Å²) in [6, 6.07) is 3.31. The van der Waals surface area contributed by atoms with Crippen LogP contribution in [0.5, 0.6) is 0 Å². The van der Waals surface area contributed by atoms with Crippen molar-refractivity contribution >= 4 is 27.3 Å². The van der Waals surface area contributed by atoms with Gasteiger partial charge in [-0.15, -0.1) is 0 Å². The zero-order valence-corrected chi connectivity index (χ0v) is 13.4. The Hall–Kier alpha value is -1.14. The van der Waals surface area contributed by atoms with E-state index in [1.165, 1.54) is 6.07 Å². The second kappa shape index (κ2) is 8.21. The molecule has 0 aliphatic carbocycles. The number of benzene rings is 1. The van der Waals surface area contributed by atoms with Crippen molar-refractivity contribution in [3.8, 4) is 0 Å². The van der Waals surface area contributed by atoms with Crippen molar-refractivity contribution in [3.05, 3.63) is 32.3 Å². The van der Waals surface area contributed by atoms with Crippen LogP contribution in [0.15, 0.2) is 16.6 Å². The Bertz CT molecular complexity index is 460. The molecule has 0 spiro atoms. The smallest absolute Gasteiger partial charge is 0.273 e. The Labute approximate surface area is 127 Å². The molecule has 0 amide bonds. The summed E-state index contributed by atoms with van der Waals surface area (Å²) < 4.78 is 0.689. The van der Waals surface area contributed by atoms with Crippen LogP contribution in [0.1, 0.15) is 31.7 Å². The highest BCUT2D eigenvalue weighted by molar-refractivity contribution is 9.10. The lowest BCUT2D eigenvalue weighted by Crippen LogP contribution is -2.16. The molecule has 1 unspecified atom stereocenters. The summed E-state index contributed by atoms with van der Waals surface area (Å²) in [6.45, 7) is 4.79. The number of anilines is 1. The number of nitrogens with zero attached hydrogens (tertiary/aromatic N) is 1. The fourth-order valence-corrected chi connectivity index (χ4v) is 2.67. The van der Waals surface area contributed by atoms with Gasteiger partial charge in [0.15, 0.2) is 0 Å². The first-order valence-electron chi connectivity index (χ1n) is 6.78. The fraction of sp³-hybridized carbons (Fsp3) is 0.571. The number of halogens is 1. The Morgan fingerprint density at radius 2 is 2.15 bits per heavy atom. The van der Waals surface area contributed by atoms with Crippen LogP contribution in [0.25, 0.3) is 0 Å². The molecule has 1 atom stereocenters. The summed E-state index contributed by atoms with van der Waals surface area (Å²) in [4.78, 5) is 10.5. The van der Waals surface area contributed by atoms with Gasteiger partial charge in [-0.05, 0) is 47.7 Å². The largest absolute Gasteiger partial charge is 0.396 e. The van der Waals surface area contributed by atoms with Gasteiger partial charge in [-0.25, -0.2) is 0 Å². The third-order valence-electron chi connectivity index (χ3n) is 3.30. The Morgan fingerprint density at radius 3 is 2.70 bits per heavy atom. The van der Waals surface area contributed by atoms with Crippen molar-refractivity contribution in [2.45, 2.75) is 33.1 Å². The molecule has 0 aliphatic heterocycles. The summed E-state index contributed by atoms with van der Waals surface area (Å²) >= 11 is 3.36. The Balaban J connectivity index is 2.77. The maximum Gasteiger partial charge on any atom is 0.273 e. The second-order valence-electron chi connectivity index (χ2n) is 4.92. The lowest BCUT2D eigenvalue weighted by Gasteiger charge is -2.17. The minimum absolute atomic E-state index is 0.114. The van der Waals surface area contributed by atoms with Gasteiger partial charge in [0.1, 0.15) is 0 Å². The molecule has 6 heteroatoms. The van der Waals surface area contributed by atoms with E-state index in [0.717, 1.165) is 31.5 Å². The van der Waals surface area contributed by atoms with Crippen LogP contribution < -0.4 is 5.32 Å². The minimum Gasteiger partial charge on any atom is -0.396 e. The topological polar surface area (TPSA) is 75.4 Å². The van der Waals surface area contributed by atoms with Crippen LogP contribution in [-0.4, -0.2) is 23.2 Å². The van der Waals surface area contributed by atoms with Gasteiger partial charge in [-0.1, -0.05) is 13.3 Å². The van der Waals surface area contributed by atoms with Crippen molar-refractivity contribution in [3.63, 3.8) is 0 Å². The van der Waals surface area contributed by atoms with Crippen LogP contribution >= 0.6 is 15.9 Å². The number of aliphatic hydroxyl groups excluding tert-OH is 1. The highest BCUT2D eigenvalue weighted by atomic mass is 79.9. The maximum atomic E-state index is 10.9. The van der Waals surface area contributed by atoms with Gasteiger partial charge < -0.3 is 10.4 Å². The summed E-state index contributed by atoms with van der Waals surface area (Å²) in [7, 11) is 0. The number of aryl methyl sites for hydroxylation is 1. The van der Waals surface area contributed by atoms with Gasteiger partial charge in [-0.3, -0.25) is 10.1 Å². The number of nitro benzene ring substituents is 1. The maximum absolute atomic E-state index is 10.9. The third-order valence-corrected chi connectivity index (χ3v) is 3.95. The number of nitrogens with one attached hydrogen (secondary N) is 1. The average molecular weight is 345 g/mol. The molecule has 0 saturated heterocycles. The molecule has 112 valence electrons. The van der Waals surface area contributed by atoms with Crippen molar-refractivity contribution in [2.75, 3.05) is 18.5 Å². The van der Waals surface area contributed by atoms with E-state index in [1.54, 1.807) is 13.0 Å². The van der Waals surface area contributed by atoms with Gasteiger partial charge in [0.2, 0.25) is 0 Å². The molecule has 20 heavy (non-hydrogen) atoms. The van der Waals surface area contributed by atoms with Gasteiger partial charge >= 0.3 is 0 Å². The zero-order chi connectivity index (χ0) is 15.1. The molecule has 1 aromatic carbocycles. The highest BCUT2D eigenvalue weighted by Crippen LogP contribution is 2.31. The van der Waals surface area contributed by atoms with E-state index in [0.29, 0.717) is 16.0 Å². The molecule has 0 fully saturated rings. The molecular weight excluding hydrogens is 324 g/mol. The lowest BCUT2D eigenvalue weighted by atomic mass is 10.00. The van der Waals surface area contributed by atoms with Gasteiger partial charge in [0.05, 0.1) is 4.92 Å². The van der Waals surface area contributed by atoms with E-state index in [-0.39, 0.29) is 17.2 Å². The first kappa shape index (κ1) is 16.9. The third kappa shape index (κ3) is 4.76. The summed E-state index contributed by atoms with van der Waals surface area (Å²) in [5, 5.41) is 23.2. The van der Waals surface area contributed by atoms with Gasteiger partial charge in [-0.2, -0.15) is 0 Å². The van der Waals surface area contributed by atoms with E-state index >= 15 is 0 Å². The molecule has 0 saturated carbocycles. The standard InChI is InChI=1S/C14H21BrN2O3/c1-3-4-11(5-6-18)9-16-13-7-10(2)14(17(19)20)8-12(13)15/h7-8,11,16,18H,3-6,9H2,1-2H3. The monoisotopic (exact) mass is 344 g/mol. The van der Waals surface area contributed by atoms with E-state index in [2.05, 4.69) is 28.2 Å². The van der Waals surface area contributed by atoms with Crippen LogP contribution in [-0.2, 0) is 0 Å². The Morgan fingerprint density at radius 1 is 1.45 bits per heavy atom. The van der Waals surface area contributed by atoms with Crippen LogP contribution in [0.4, 0.5) is 11.4 Å². The summed E-state index contributed by atoms with van der Waals surface area (Å²) in [6.07, 6.45) is 2.90. The number of nitro groups is 1. The Kier molecular flexibility index (Phi) is 6.95. The van der Waals surface area contributed by atoms with E-state index in [4.69, 9.17) is 5.11 Å². The molecule has 1 aromatic rings. The first-order valence-corrected chi connectivity index (χ1v) is 7.58. The number of hydrogen-bond acceptors (Lipinski definition) is 4. The van der Waals surface area contributed by atoms with Crippen molar-refractivity contribution < 1.29 is 10.0 Å². The predicted octanol–water partition coefficient (Wildman–Crippen LogP) is 3.88. The molecule has 0 aliphatic rings. The van der Waals surface area contributed by atoms with Crippen molar-refractivity contribution in [1.82, 2.24) is 0 Å². The van der Waals surface area contributed by atoms with E-state index in [9.17, 15) is 10.1 Å². The zero-order valence-electron chi connectivity index (χ0n) is 11.9. The van der Waals surface area contributed by atoms with E-state index < -0.39 is 0 Å². The average Bonchev–Trinajstić information content (AvgIpc) is 2.39. The quantitative estimate of drug-likeness (QED) is 0.554. The van der Waals surface area contributed by atoms with Crippen LogP contribution in [0.3, 0.4) is 0 Å². The predicted molar refractivity (Wildman–Crippen MR) is 84.1 cm³/mol. The fourth-order valence-electron chi connectivity index (χ4n) is 2.20. The van der Waals surface area contributed by atoms with Gasteiger partial charge in [0.25, 0.3) is 5.69 Å². The molecule has 2 N–H and O–H groups in total. The van der Waals surface area contributed by atoms with Crippen molar-refractivity contribution in [1.29, 1.82) is 0 Å². The highest BCUT2D eigenvalue weighted by Gasteiger charge is 2.15. The molecule has 1 rings (SSSR count). The number of rotatable bonds is 8. The summed E-state index contributed by atoms with van der Waals surface area (Å²) in [5.41, 5.74) is 1.60. The minimum atomic E-state index is -0.379. The number of aliphatic hydroxyl groups is 1. The molecule has 0 heterocycles. The molecule has 0 radical (unpaired) electrons. The first-order chi connectivity index (χ1) is 9.49. The van der Waals surface area contributed by atoms with Crippen molar-refractivity contribution in [2.24, 2.45) is 5.92 Å². The molecule has 5 nitrogen and oxygen atoms in total. The van der Waals surface area contributed by atoms with Crippen LogP contribution in [0, 0.1) is 23.0 Å². The van der Waals surface area contributed by atoms with E-state index in [1.807, 2.05) is 0 Å².